The van der Waals surface area contributed by atoms with Gasteiger partial charge < -0.3 is 0 Å². The van der Waals surface area contributed by atoms with Crippen LogP contribution in [0.15, 0.2) is 36.5 Å². The molecular weight excluding hydrogens is 365 g/mol. The number of nitrogens with zero attached hydrogens (tertiary/aromatic N) is 3. The van der Waals surface area contributed by atoms with E-state index in [1.807, 2.05) is 0 Å². The summed E-state index contributed by atoms with van der Waals surface area (Å²) in [7, 11) is 0. The van der Waals surface area contributed by atoms with Gasteiger partial charge in [0.25, 0.3) is 0 Å². The number of alkyl halides is 3. The molecule has 3 saturated heterocycles. The topological polar surface area (TPSA) is 19.4 Å². The average molecular weight is 383 g/mol. The molecule has 0 aliphatic carbocycles. The normalized spacial score (nSPS) is 23.3. The fourth-order valence-corrected chi connectivity index (χ4v) is 4.02. The van der Waals surface area contributed by atoms with Crippen LogP contribution in [0.2, 0.25) is 0 Å². The van der Waals surface area contributed by atoms with Gasteiger partial charge in [0.1, 0.15) is 17.3 Å². The van der Waals surface area contributed by atoms with Gasteiger partial charge in [-0.1, -0.05) is 6.07 Å². The molecule has 3 fully saturated rings. The summed E-state index contributed by atoms with van der Waals surface area (Å²) >= 11 is 0. The molecular formula is C19H18F5N3. The smallest absolute Gasteiger partial charge is 0.296 e. The van der Waals surface area contributed by atoms with Crippen LogP contribution in [0.5, 0.6) is 0 Å². The molecule has 0 saturated carbocycles. The van der Waals surface area contributed by atoms with Gasteiger partial charge in [-0.2, -0.15) is 13.2 Å². The van der Waals surface area contributed by atoms with Crippen molar-refractivity contribution in [3.63, 3.8) is 0 Å². The van der Waals surface area contributed by atoms with Crippen molar-refractivity contribution in [2.24, 2.45) is 0 Å². The fourth-order valence-electron chi connectivity index (χ4n) is 4.02. The summed E-state index contributed by atoms with van der Waals surface area (Å²) in [6.07, 6.45) is -2.13. The summed E-state index contributed by atoms with van der Waals surface area (Å²) < 4.78 is 64.5. The van der Waals surface area contributed by atoms with Crippen molar-refractivity contribution in [2.75, 3.05) is 13.1 Å². The monoisotopic (exact) mass is 383 g/mol. The summed E-state index contributed by atoms with van der Waals surface area (Å²) in [5, 5.41) is 0. The maximum absolute atomic E-state index is 13.4. The lowest BCUT2D eigenvalue weighted by Gasteiger charge is -2.56. The van der Waals surface area contributed by atoms with E-state index >= 15 is 0 Å². The Kier molecular flexibility index (Phi) is 4.63. The number of halogens is 5. The Morgan fingerprint density at radius 1 is 0.926 bits per heavy atom. The maximum Gasteiger partial charge on any atom is 0.433 e. The third-order valence-corrected chi connectivity index (χ3v) is 5.23. The number of aromatic nitrogens is 1. The molecule has 3 aliphatic heterocycles. The minimum Gasteiger partial charge on any atom is -0.296 e. The molecule has 3 aliphatic rings. The summed E-state index contributed by atoms with van der Waals surface area (Å²) in [6.45, 7) is 2.59. The molecule has 0 N–H and O–H groups in total. The Morgan fingerprint density at radius 2 is 1.59 bits per heavy atom. The van der Waals surface area contributed by atoms with Crippen molar-refractivity contribution >= 4 is 0 Å². The molecule has 8 heteroatoms. The zero-order valence-electron chi connectivity index (χ0n) is 14.4. The Morgan fingerprint density at radius 3 is 2.15 bits per heavy atom. The van der Waals surface area contributed by atoms with E-state index in [9.17, 15) is 22.0 Å². The SMILES string of the molecule is Fc1cc(F)cc(CN2C3CC2CN(Cc2ccc(C(F)(F)F)nc2)C3)c1. The van der Waals surface area contributed by atoms with Crippen LogP contribution in [0.4, 0.5) is 22.0 Å². The molecule has 0 spiro atoms. The molecule has 144 valence electrons. The van der Waals surface area contributed by atoms with E-state index in [0.717, 1.165) is 37.2 Å². The second-order valence-electron chi connectivity index (χ2n) is 7.24. The average Bonchev–Trinajstić information content (AvgIpc) is 2.59. The van der Waals surface area contributed by atoms with E-state index in [1.165, 1.54) is 24.4 Å². The summed E-state index contributed by atoms with van der Waals surface area (Å²) in [6, 6.07) is 6.61. The molecule has 5 rings (SSSR count). The van der Waals surface area contributed by atoms with Gasteiger partial charge in [-0.15, -0.1) is 0 Å². The van der Waals surface area contributed by atoms with Gasteiger partial charge in [-0.05, 0) is 35.7 Å². The summed E-state index contributed by atoms with van der Waals surface area (Å²) in [5.74, 6) is -1.15. The van der Waals surface area contributed by atoms with Crippen molar-refractivity contribution < 1.29 is 22.0 Å². The highest BCUT2D eigenvalue weighted by Crippen LogP contribution is 2.34. The van der Waals surface area contributed by atoms with Gasteiger partial charge in [-0.25, -0.2) is 8.78 Å². The van der Waals surface area contributed by atoms with E-state index in [0.29, 0.717) is 18.7 Å². The molecule has 2 aromatic rings. The highest BCUT2D eigenvalue weighted by Gasteiger charge is 2.44. The molecule has 3 nitrogen and oxygen atoms in total. The van der Waals surface area contributed by atoms with Crippen molar-refractivity contribution in [1.82, 2.24) is 14.8 Å². The summed E-state index contributed by atoms with van der Waals surface area (Å²) in [5.41, 5.74) is 0.465. The van der Waals surface area contributed by atoms with E-state index in [-0.39, 0.29) is 12.1 Å². The van der Waals surface area contributed by atoms with Gasteiger partial charge in [0.15, 0.2) is 0 Å². The standard InChI is InChI=1S/C19H18F5N3/c20-14-3-13(4-15(21)5-14)9-27-16-6-17(27)11-26(10-16)8-12-1-2-18(25-7-12)19(22,23)24/h1-5,7,16-17H,6,8-11H2. The van der Waals surface area contributed by atoms with Gasteiger partial charge in [0.05, 0.1) is 0 Å². The summed E-state index contributed by atoms with van der Waals surface area (Å²) in [4.78, 5) is 7.92. The first-order chi connectivity index (χ1) is 12.8. The molecule has 27 heavy (non-hydrogen) atoms. The fraction of sp³-hybridized carbons (Fsp3) is 0.421. The van der Waals surface area contributed by atoms with E-state index in [4.69, 9.17) is 0 Å². The largest absolute Gasteiger partial charge is 0.433 e. The van der Waals surface area contributed by atoms with E-state index in [1.54, 1.807) is 0 Å². The van der Waals surface area contributed by atoms with Crippen LogP contribution >= 0.6 is 0 Å². The molecule has 4 heterocycles. The van der Waals surface area contributed by atoms with Crippen molar-refractivity contribution in [3.05, 3.63) is 65.0 Å². The van der Waals surface area contributed by atoms with Crippen LogP contribution < -0.4 is 0 Å². The Hall–Kier alpha value is -2.06. The van der Waals surface area contributed by atoms with E-state index < -0.39 is 23.5 Å². The molecule has 0 radical (unpaired) electrons. The Labute approximate surface area is 153 Å². The number of piperidine rings is 1. The minimum absolute atomic E-state index is 0.289. The Bertz CT molecular complexity index is 789. The number of rotatable bonds is 4. The zero-order valence-corrected chi connectivity index (χ0v) is 14.4. The third kappa shape index (κ3) is 3.96. The number of hydrogen-bond donors (Lipinski definition) is 0. The molecule has 2 bridgehead atoms. The molecule has 2 atom stereocenters. The number of benzene rings is 1. The van der Waals surface area contributed by atoms with Crippen molar-refractivity contribution in [2.45, 2.75) is 37.8 Å². The predicted molar refractivity (Wildman–Crippen MR) is 88.6 cm³/mol. The van der Waals surface area contributed by atoms with Gasteiger partial charge >= 0.3 is 6.18 Å². The number of fused-ring (bicyclic) bond motifs is 2. The third-order valence-electron chi connectivity index (χ3n) is 5.23. The first-order valence-corrected chi connectivity index (χ1v) is 8.73. The second kappa shape index (κ2) is 6.83. The number of pyridine rings is 1. The second-order valence-corrected chi connectivity index (χ2v) is 7.24. The number of piperazine rings is 1. The first kappa shape index (κ1) is 18.3. The van der Waals surface area contributed by atoms with Crippen LogP contribution in [0.3, 0.4) is 0 Å². The van der Waals surface area contributed by atoms with Crippen LogP contribution in [0.25, 0.3) is 0 Å². The highest BCUT2D eigenvalue weighted by atomic mass is 19.4. The van der Waals surface area contributed by atoms with Crippen molar-refractivity contribution in [3.8, 4) is 0 Å². The van der Waals surface area contributed by atoms with Crippen molar-refractivity contribution in [1.29, 1.82) is 0 Å². The Balaban J connectivity index is 1.35. The molecule has 2 unspecified atom stereocenters. The van der Waals surface area contributed by atoms with Crippen LogP contribution in [-0.2, 0) is 19.3 Å². The zero-order chi connectivity index (χ0) is 19.2. The van der Waals surface area contributed by atoms with Crippen LogP contribution in [0.1, 0.15) is 23.2 Å². The lowest BCUT2D eigenvalue weighted by molar-refractivity contribution is -0.141. The van der Waals surface area contributed by atoms with Gasteiger partial charge in [-0.3, -0.25) is 14.8 Å². The van der Waals surface area contributed by atoms with Gasteiger partial charge in [0, 0.05) is 50.5 Å². The first-order valence-electron chi connectivity index (χ1n) is 8.73. The van der Waals surface area contributed by atoms with Crippen LogP contribution in [0, 0.1) is 11.6 Å². The maximum atomic E-state index is 13.4. The van der Waals surface area contributed by atoms with Crippen LogP contribution in [-0.4, -0.2) is 40.0 Å². The van der Waals surface area contributed by atoms with Gasteiger partial charge in [0.2, 0.25) is 0 Å². The highest BCUT2D eigenvalue weighted by molar-refractivity contribution is 5.20. The van der Waals surface area contributed by atoms with E-state index in [2.05, 4.69) is 14.8 Å². The lowest BCUT2D eigenvalue weighted by Crippen LogP contribution is -2.67. The predicted octanol–water partition coefficient (Wildman–Crippen LogP) is 3.84. The lowest BCUT2D eigenvalue weighted by atomic mass is 9.86. The quantitative estimate of drug-likeness (QED) is 0.748. The molecule has 0 amide bonds. The molecule has 1 aromatic carbocycles. The number of hydrogen-bond acceptors (Lipinski definition) is 3. The minimum atomic E-state index is -4.43. The molecule has 1 aromatic heterocycles.